The van der Waals surface area contributed by atoms with Crippen LogP contribution in [0.25, 0.3) is 0 Å². The monoisotopic (exact) mass is 357 g/mol. The van der Waals surface area contributed by atoms with Crippen LogP contribution in [-0.2, 0) is 14.3 Å². The lowest BCUT2D eigenvalue weighted by Gasteiger charge is -2.33. The Kier molecular flexibility index (Phi) is 6.43. The lowest BCUT2D eigenvalue weighted by molar-refractivity contribution is -0.152. The largest absolute Gasteiger partial charge is 0.479 e. The lowest BCUT2D eigenvalue weighted by atomic mass is 9.98. The highest BCUT2D eigenvalue weighted by Crippen LogP contribution is 2.26. The quantitative estimate of drug-likeness (QED) is 0.760. The first kappa shape index (κ1) is 18.5. The fourth-order valence-electron chi connectivity index (χ4n) is 2.70. The molecule has 1 amide bonds. The number of esters is 1. The van der Waals surface area contributed by atoms with E-state index in [2.05, 4.69) is 0 Å². The maximum atomic E-state index is 13.1. The zero-order valence-electron chi connectivity index (χ0n) is 13.8. The topological polar surface area (TPSA) is 55.8 Å². The maximum Gasteiger partial charge on any atom is 0.310 e. The predicted octanol–water partition coefficient (Wildman–Crippen LogP) is 3.05. The molecule has 1 saturated heterocycles. The van der Waals surface area contributed by atoms with Gasteiger partial charge in [0.25, 0.3) is 5.91 Å². The number of rotatable bonds is 5. The predicted molar refractivity (Wildman–Crippen MR) is 87.4 cm³/mol. The normalized spacial score (nSPS) is 18.8. The van der Waals surface area contributed by atoms with Crippen LogP contribution in [0.2, 0.25) is 5.02 Å². The standard InChI is InChI=1S/C17H21ClFNO4/c1-3-23-17(22)12-5-4-8-20(10-12)16(21)11(2)24-15-7-6-13(19)9-14(15)18/h6-7,9,11-12H,3-5,8,10H2,1-2H3. The summed E-state index contributed by atoms with van der Waals surface area (Å²) in [5.74, 6) is -1.03. The number of piperidine rings is 1. The fourth-order valence-corrected chi connectivity index (χ4v) is 2.91. The fraction of sp³-hybridized carbons (Fsp3) is 0.529. The van der Waals surface area contributed by atoms with Crippen LogP contribution in [-0.4, -0.2) is 42.6 Å². The Balaban J connectivity index is 1.98. The second-order valence-corrected chi connectivity index (χ2v) is 6.12. The summed E-state index contributed by atoms with van der Waals surface area (Å²) in [6.45, 7) is 4.58. The highest BCUT2D eigenvalue weighted by molar-refractivity contribution is 6.32. The summed E-state index contributed by atoms with van der Waals surface area (Å²) in [4.78, 5) is 26.0. The molecule has 0 N–H and O–H groups in total. The first-order valence-electron chi connectivity index (χ1n) is 7.99. The van der Waals surface area contributed by atoms with Crippen molar-refractivity contribution in [1.82, 2.24) is 4.90 Å². The molecule has 0 aliphatic carbocycles. The smallest absolute Gasteiger partial charge is 0.310 e. The van der Waals surface area contributed by atoms with E-state index in [0.717, 1.165) is 12.5 Å². The van der Waals surface area contributed by atoms with Crippen LogP contribution in [0.1, 0.15) is 26.7 Å². The molecule has 0 spiro atoms. The molecular formula is C17H21ClFNO4. The van der Waals surface area contributed by atoms with Gasteiger partial charge in [0.05, 0.1) is 17.5 Å². The molecule has 0 saturated carbocycles. The van der Waals surface area contributed by atoms with Gasteiger partial charge in [0.1, 0.15) is 11.6 Å². The summed E-state index contributed by atoms with van der Waals surface area (Å²) in [5.41, 5.74) is 0. The number of nitrogens with zero attached hydrogens (tertiary/aromatic N) is 1. The average molecular weight is 358 g/mol. The van der Waals surface area contributed by atoms with Gasteiger partial charge >= 0.3 is 5.97 Å². The summed E-state index contributed by atoms with van der Waals surface area (Å²) in [6.07, 6.45) is 0.662. The van der Waals surface area contributed by atoms with E-state index < -0.39 is 11.9 Å². The van der Waals surface area contributed by atoms with Gasteiger partial charge in [-0.05, 0) is 44.9 Å². The number of ether oxygens (including phenoxy) is 2. The molecule has 7 heteroatoms. The third kappa shape index (κ3) is 4.60. The van der Waals surface area contributed by atoms with E-state index in [4.69, 9.17) is 21.1 Å². The molecule has 0 radical (unpaired) electrons. The van der Waals surface area contributed by atoms with Crippen molar-refractivity contribution in [3.63, 3.8) is 0 Å². The summed E-state index contributed by atoms with van der Waals surface area (Å²) in [5, 5.41) is 0.109. The zero-order valence-corrected chi connectivity index (χ0v) is 14.5. The third-order valence-electron chi connectivity index (χ3n) is 3.90. The van der Waals surface area contributed by atoms with Crippen LogP contribution in [0.3, 0.4) is 0 Å². The van der Waals surface area contributed by atoms with Crippen molar-refractivity contribution in [1.29, 1.82) is 0 Å². The van der Waals surface area contributed by atoms with E-state index in [0.29, 0.717) is 26.1 Å². The molecule has 1 aliphatic rings. The van der Waals surface area contributed by atoms with Gasteiger partial charge in [0.15, 0.2) is 6.10 Å². The zero-order chi connectivity index (χ0) is 17.7. The number of likely N-dealkylation sites (tertiary alicyclic amines) is 1. The molecule has 24 heavy (non-hydrogen) atoms. The highest BCUT2D eigenvalue weighted by Gasteiger charge is 2.32. The van der Waals surface area contributed by atoms with Gasteiger partial charge < -0.3 is 14.4 Å². The van der Waals surface area contributed by atoms with Crippen LogP contribution >= 0.6 is 11.6 Å². The third-order valence-corrected chi connectivity index (χ3v) is 4.19. The van der Waals surface area contributed by atoms with Gasteiger partial charge in [-0.2, -0.15) is 0 Å². The molecule has 5 nitrogen and oxygen atoms in total. The second kappa shape index (κ2) is 8.33. The number of carbonyl (C=O) groups excluding carboxylic acids is 2. The number of benzene rings is 1. The Morgan fingerprint density at radius 2 is 2.21 bits per heavy atom. The molecule has 2 rings (SSSR count). The van der Waals surface area contributed by atoms with Crippen molar-refractivity contribution in [3.8, 4) is 5.75 Å². The van der Waals surface area contributed by atoms with Crippen molar-refractivity contribution in [2.75, 3.05) is 19.7 Å². The Morgan fingerprint density at radius 3 is 2.88 bits per heavy atom. The molecule has 1 aromatic carbocycles. The van der Waals surface area contributed by atoms with Crippen molar-refractivity contribution < 1.29 is 23.5 Å². The van der Waals surface area contributed by atoms with Gasteiger partial charge in [0, 0.05) is 13.1 Å². The summed E-state index contributed by atoms with van der Waals surface area (Å²) in [7, 11) is 0. The first-order chi connectivity index (χ1) is 11.4. The Labute approximate surface area is 145 Å². The number of hydrogen-bond acceptors (Lipinski definition) is 4. The van der Waals surface area contributed by atoms with Crippen LogP contribution in [0.5, 0.6) is 5.75 Å². The van der Waals surface area contributed by atoms with Crippen LogP contribution in [0, 0.1) is 11.7 Å². The Bertz CT molecular complexity index is 610. The van der Waals surface area contributed by atoms with Crippen molar-refractivity contribution in [2.45, 2.75) is 32.8 Å². The van der Waals surface area contributed by atoms with E-state index in [-0.39, 0.29) is 28.6 Å². The number of carbonyl (C=O) groups is 2. The molecule has 1 aliphatic heterocycles. The van der Waals surface area contributed by atoms with Crippen molar-refractivity contribution in [2.24, 2.45) is 5.92 Å². The first-order valence-corrected chi connectivity index (χ1v) is 8.37. The van der Waals surface area contributed by atoms with E-state index in [1.165, 1.54) is 12.1 Å². The minimum absolute atomic E-state index is 0.109. The lowest BCUT2D eigenvalue weighted by Crippen LogP contribution is -2.47. The summed E-state index contributed by atoms with van der Waals surface area (Å²) >= 11 is 5.91. The van der Waals surface area contributed by atoms with E-state index in [9.17, 15) is 14.0 Å². The molecule has 2 unspecified atom stereocenters. The Morgan fingerprint density at radius 1 is 1.46 bits per heavy atom. The van der Waals surface area contributed by atoms with Gasteiger partial charge in [-0.3, -0.25) is 9.59 Å². The molecule has 132 valence electrons. The van der Waals surface area contributed by atoms with Crippen molar-refractivity contribution in [3.05, 3.63) is 29.0 Å². The van der Waals surface area contributed by atoms with Crippen LogP contribution in [0.15, 0.2) is 18.2 Å². The molecule has 0 bridgehead atoms. The van der Waals surface area contributed by atoms with E-state index >= 15 is 0 Å². The average Bonchev–Trinajstić information content (AvgIpc) is 2.57. The van der Waals surface area contributed by atoms with Gasteiger partial charge in [-0.25, -0.2) is 4.39 Å². The minimum Gasteiger partial charge on any atom is -0.479 e. The molecule has 0 aromatic heterocycles. The number of halogens is 2. The SMILES string of the molecule is CCOC(=O)C1CCCN(C(=O)C(C)Oc2ccc(F)cc2Cl)C1. The van der Waals surface area contributed by atoms with Crippen molar-refractivity contribution >= 4 is 23.5 Å². The number of hydrogen-bond donors (Lipinski definition) is 0. The second-order valence-electron chi connectivity index (χ2n) is 5.71. The van der Waals surface area contributed by atoms with Gasteiger partial charge in [-0.1, -0.05) is 11.6 Å². The molecule has 1 aromatic rings. The maximum absolute atomic E-state index is 13.1. The summed E-state index contributed by atoms with van der Waals surface area (Å²) in [6, 6.07) is 3.74. The van der Waals surface area contributed by atoms with Crippen LogP contribution in [0.4, 0.5) is 4.39 Å². The van der Waals surface area contributed by atoms with E-state index in [1.54, 1.807) is 18.7 Å². The molecule has 1 heterocycles. The van der Waals surface area contributed by atoms with Gasteiger partial charge in [-0.15, -0.1) is 0 Å². The number of amides is 1. The molecular weight excluding hydrogens is 337 g/mol. The summed E-state index contributed by atoms with van der Waals surface area (Å²) < 4.78 is 23.6. The minimum atomic E-state index is -0.783. The Hall–Kier alpha value is -1.82. The van der Waals surface area contributed by atoms with Gasteiger partial charge in [0.2, 0.25) is 0 Å². The van der Waals surface area contributed by atoms with E-state index in [1.807, 2.05) is 0 Å². The van der Waals surface area contributed by atoms with Crippen LogP contribution < -0.4 is 4.74 Å². The molecule has 1 fully saturated rings. The molecule has 2 atom stereocenters. The highest BCUT2D eigenvalue weighted by atomic mass is 35.5.